The van der Waals surface area contributed by atoms with Crippen molar-refractivity contribution in [1.29, 1.82) is 0 Å². The van der Waals surface area contributed by atoms with Crippen LogP contribution in [-0.4, -0.2) is 30.0 Å². The maximum atomic E-state index is 9.55. The molecule has 0 spiro atoms. The summed E-state index contributed by atoms with van der Waals surface area (Å²) >= 11 is 0. The topological polar surface area (TPSA) is 58.9 Å². The lowest BCUT2D eigenvalue weighted by molar-refractivity contribution is 0.118. The molecule has 0 saturated heterocycles. The number of hydrogen-bond acceptors (Lipinski definition) is 4. The van der Waals surface area contributed by atoms with E-state index in [2.05, 4.69) is 0 Å². The highest BCUT2D eigenvalue weighted by Crippen LogP contribution is 2.29. The molecule has 1 aromatic rings. The summed E-state index contributed by atoms with van der Waals surface area (Å²) in [6.45, 7) is 3.49. The molecule has 0 aliphatic carbocycles. The van der Waals surface area contributed by atoms with E-state index in [0.29, 0.717) is 17.1 Å². The third-order valence-corrected chi connectivity index (χ3v) is 2.15. The summed E-state index contributed by atoms with van der Waals surface area (Å²) in [7, 11) is 1.57. The summed E-state index contributed by atoms with van der Waals surface area (Å²) in [4.78, 5) is 0. The van der Waals surface area contributed by atoms with Gasteiger partial charge in [-0.25, -0.2) is 0 Å². The van der Waals surface area contributed by atoms with Gasteiger partial charge in [0.05, 0.1) is 19.3 Å². The minimum absolute atomic E-state index is 0.187. The fraction of sp³-hybridized carbons (Fsp3) is 0.500. The van der Waals surface area contributed by atoms with E-state index in [4.69, 9.17) is 14.6 Å². The van der Waals surface area contributed by atoms with Gasteiger partial charge < -0.3 is 19.7 Å². The van der Waals surface area contributed by atoms with E-state index in [1.54, 1.807) is 39.2 Å². The van der Waals surface area contributed by atoms with Gasteiger partial charge in [-0.2, -0.15) is 0 Å². The molecule has 0 radical (unpaired) electrons. The number of methoxy groups -OCH3 is 1. The fourth-order valence-corrected chi connectivity index (χ4v) is 1.32. The minimum atomic E-state index is -0.616. The van der Waals surface area contributed by atoms with Crippen LogP contribution in [0.25, 0.3) is 0 Å². The molecule has 2 N–H and O–H groups in total. The van der Waals surface area contributed by atoms with E-state index in [0.717, 1.165) is 0 Å². The third-order valence-electron chi connectivity index (χ3n) is 2.15. The maximum absolute atomic E-state index is 9.55. The predicted molar refractivity (Wildman–Crippen MR) is 60.8 cm³/mol. The maximum Gasteiger partial charge on any atom is 0.128 e. The predicted octanol–water partition coefficient (Wildman–Crippen LogP) is 1.51. The Morgan fingerprint density at radius 3 is 2.44 bits per heavy atom. The van der Waals surface area contributed by atoms with Crippen molar-refractivity contribution < 1.29 is 19.7 Å². The van der Waals surface area contributed by atoms with Crippen LogP contribution >= 0.6 is 0 Å². The van der Waals surface area contributed by atoms with Gasteiger partial charge in [0.15, 0.2) is 0 Å². The molecule has 1 aromatic carbocycles. The zero-order valence-electron chi connectivity index (χ0n) is 9.80. The Labute approximate surface area is 95.4 Å². The zero-order chi connectivity index (χ0) is 12.1. The van der Waals surface area contributed by atoms with Gasteiger partial charge in [0.1, 0.15) is 18.1 Å². The van der Waals surface area contributed by atoms with Gasteiger partial charge in [-0.15, -0.1) is 0 Å². The Kier molecular flexibility index (Phi) is 4.58. The molecule has 0 saturated carbocycles. The lowest BCUT2D eigenvalue weighted by Gasteiger charge is -2.15. The van der Waals surface area contributed by atoms with E-state index in [9.17, 15) is 5.11 Å². The van der Waals surface area contributed by atoms with Crippen molar-refractivity contribution in [2.75, 3.05) is 13.7 Å². The third kappa shape index (κ3) is 3.40. The summed E-state index contributed by atoms with van der Waals surface area (Å²) < 4.78 is 10.5. The molecule has 0 heterocycles. The molecule has 0 bridgehead atoms. The normalized spacial score (nSPS) is 14.3. The second kappa shape index (κ2) is 5.72. The molecule has 0 aliphatic rings. The Hall–Kier alpha value is -1.26. The Morgan fingerprint density at radius 1 is 1.25 bits per heavy atom. The van der Waals surface area contributed by atoms with Crippen molar-refractivity contribution in [2.45, 2.75) is 26.1 Å². The molecule has 0 aliphatic heterocycles. The molecular formula is C12H18O4. The SMILES string of the molecule is COc1ccc([C@@H](C)O)c(OCC(C)O)c1. The largest absolute Gasteiger partial charge is 0.497 e. The van der Waals surface area contributed by atoms with Crippen molar-refractivity contribution in [2.24, 2.45) is 0 Å². The van der Waals surface area contributed by atoms with Crippen LogP contribution < -0.4 is 9.47 Å². The summed E-state index contributed by atoms with van der Waals surface area (Å²) in [5.41, 5.74) is 0.682. The molecular weight excluding hydrogens is 208 g/mol. The molecule has 2 atom stereocenters. The number of aliphatic hydroxyl groups excluding tert-OH is 2. The standard InChI is InChI=1S/C12H18O4/c1-8(13)7-16-12-6-10(15-3)4-5-11(12)9(2)14/h4-6,8-9,13-14H,7H2,1-3H3/t8?,9-/m1/s1. The quantitative estimate of drug-likeness (QED) is 0.799. The first-order chi connectivity index (χ1) is 7.54. The van der Waals surface area contributed by atoms with Crippen molar-refractivity contribution in [3.63, 3.8) is 0 Å². The Morgan fingerprint density at radius 2 is 1.94 bits per heavy atom. The monoisotopic (exact) mass is 226 g/mol. The molecule has 90 valence electrons. The number of rotatable bonds is 5. The molecule has 0 amide bonds. The van der Waals surface area contributed by atoms with Crippen LogP contribution in [-0.2, 0) is 0 Å². The van der Waals surface area contributed by atoms with E-state index in [1.807, 2.05) is 0 Å². The van der Waals surface area contributed by atoms with Crippen LogP contribution in [0.1, 0.15) is 25.5 Å². The van der Waals surface area contributed by atoms with E-state index >= 15 is 0 Å². The second-order valence-corrected chi connectivity index (χ2v) is 3.74. The van der Waals surface area contributed by atoms with Crippen LogP contribution in [0.15, 0.2) is 18.2 Å². The second-order valence-electron chi connectivity index (χ2n) is 3.74. The molecule has 4 nitrogen and oxygen atoms in total. The van der Waals surface area contributed by atoms with Gasteiger partial charge in [-0.1, -0.05) is 0 Å². The lowest BCUT2D eigenvalue weighted by atomic mass is 10.1. The average molecular weight is 226 g/mol. The fourth-order valence-electron chi connectivity index (χ4n) is 1.32. The van der Waals surface area contributed by atoms with Crippen LogP contribution in [0.4, 0.5) is 0 Å². The van der Waals surface area contributed by atoms with Gasteiger partial charge in [-0.3, -0.25) is 0 Å². The molecule has 1 rings (SSSR count). The Balaban J connectivity index is 2.91. The van der Waals surface area contributed by atoms with Gasteiger partial charge in [0, 0.05) is 11.6 Å². The summed E-state index contributed by atoms with van der Waals surface area (Å²) in [5, 5.41) is 18.7. The highest BCUT2D eigenvalue weighted by Gasteiger charge is 2.11. The van der Waals surface area contributed by atoms with Gasteiger partial charge >= 0.3 is 0 Å². The van der Waals surface area contributed by atoms with Crippen LogP contribution in [0.5, 0.6) is 11.5 Å². The molecule has 0 aromatic heterocycles. The van der Waals surface area contributed by atoms with Crippen molar-refractivity contribution in [3.05, 3.63) is 23.8 Å². The van der Waals surface area contributed by atoms with Gasteiger partial charge in [0.25, 0.3) is 0 Å². The van der Waals surface area contributed by atoms with Gasteiger partial charge in [-0.05, 0) is 26.0 Å². The molecule has 16 heavy (non-hydrogen) atoms. The summed E-state index contributed by atoms with van der Waals surface area (Å²) in [5.74, 6) is 1.19. The molecule has 1 unspecified atom stereocenters. The average Bonchev–Trinajstić information content (AvgIpc) is 2.25. The number of benzene rings is 1. The van der Waals surface area contributed by atoms with E-state index in [-0.39, 0.29) is 6.61 Å². The lowest BCUT2D eigenvalue weighted by Crippen LogP contribution is -2.14. The first-order valence-electron chi connectivity index (χ1n) is 5.21. The number of hydrogen-bond donors (Lipinski definition) is 2. The number of ether oxygens (including phenoxy) is 2. The van der Waals surface area contributed by atoms with Crippen molar-refractivity contribution in [3.8, 4) is 11.5 Å². The molecule has 4 heteroatoms. The summed E-state index contributed by atoms with van der Waals surface area (Å²) in [6.07, 6.45) is -1.16. The van der Waals surface area contributed by atoms with E-state index in [1.165, 1.54) is 0 Å². The van der Waals surface area contributed by atoms with Crippen molar-refractivity contribution in [1.82, 2.24) is 0 Å². The first kappa shape index (κ1) is 12.8. The minimum Gasteiger partial charge on any atom is -0.497 e. The Bertz CT molecular complexity index is 334. The van der Waals surface area contributed by atoms with Crippen molar-refractivity contribution >= 4 is 0 Å². The molecule has 0 fully saturated rings. The highest BCUT2D eigenvalue weighted by molar-refractivity contribution is 5.41. The van der Waals surface area contributed by atoms with E-state index < -0.39 is 12.2 Å². The number of aliphatic hydroxyl groups is 2. The first-order valence-corrected chi connectivity index (χ1v) is 5.21. The zero-order valence-corrected chi connectivity index (χ0v) is 9.80. The highest BCUT2D eigenvalue weighted by atomic mass is 16.5. The smallest absolute Gasteiger partial charge is 0.128 e. The summed E-state index contributed by atoms with van der Waals surface area (Å²) in [6, 6.07) is 5.21. The van der Waals surface area contributed by atoms with Crippen LogP contribution in [0, 0.1) is 0 Å². The van der Waals surface area contributed by atoms with Gasteiger partial charge in [0.2, 0.25) is 0 Å². The van der Waals surface area contributed by atoms with Crippen LogP contribution in [0.3, 0.4) is 0 Å². The van der Waals surface area contributed by atoms with Crippen LogP contribution in [0.2, 0.25) is 0 Å².